The third-order valence-corrected chi connectivity index (χ3v) is 5.97. The number of piperidine rings is 1. The number of aromatic nitrogens is 4. The van der Waals surface area contributed by atoms with Crippen LogP contribution in [0.2, 0.25) is 0 Å². The van der Waals surface area contributed by atoms with Crippen LogP contribution in [-0.2, 0) is 4.79 Å². The van der Waals surface area contributed by atoms with Gasteiger partial charge in [-0.05, 0) is 44.7 Å². The fourth-order valence-corrected chi connectivity index (χ4v) is 4.44. The number of imidazole rings is 1. The molecule has 158 valence electrons. The van der Waals surface area contributed by atoms with Crippen LogP contribution >= 0.6 is 0 Å². The average molecular weight is 399 g/mol. The molecule has 1 aliphatic rings. The van der Waals surface area contributed by atoms with Gasteiger partial charge in [-0.25, -0.2) is 15.0 Å². The maximum atomic E-state index is 12.6. The number of hydrogen-bond donors (Lipinski definition) is 1. The number of nitrogens with zero attached hydrogens (tertiary/aromatic N) is 5. The molecule has 0 spiro atoms. The van der Waals surface area contributed by atoms with Crippen LogP contribution in [-0.4, -0.2) is 49.0 Å². The average Bonchev–Trinajstić information content (AvgIpc) is 3.23. The highest BCUT2D eigenvalue weighted by molar-refractivity contribution is 5.82. The standard InChI is InChI=1S/C22H34N6O/c1-16(2)7-6-8-17(3)28-13-5-4-9-19(28)20(21(23)29)18-10-11-25-22(26-18)27-14-12-24-15-27/h10-12,14-17,19-20H,4-9,13H2,1-3H3,(H2,23,29). The number of likely N-dealkylation sites (tertiary alicyclic amines) is 1. The van der Waals surface area contributed by atoms with Gasteiger partial charge in [0.05, 0.1) is 11.6 Å². The Kier molecular flexibility index (Phi) is 7.36. The summed E-state index contributed by atoms with van der Waals surface area (Å²) in [5.41, 5.74) is 6.62. The predicted molar refractivity (Wildman–Crippen MR) is 114 cm³/mol. The van der Waals surface area contributed by atoms with Crippen molar-refractivity contribution in [2.24, 2.45) is 11.7 Å². The number of carbonyl (C=O) groups is 1. The van der Waals surface area contributed by atoms with Crippen LogP contribution in [0, 0.1) is 5.92 Å². The first-order valence-electron chi connectivity index (χ1n) is 10.8. The Morgan fingerprint density at radius 3 is 2.76 bits per heavy atom. The Labute approximate surface area is 173 Å². The maximum absolute atomic E-state index is 12.6. The van der Waals surface area contributed by atoms with Crippen LogP contribution < -0.4 is 5.73 Å². The zero-order valence-electron chi connectivity index (χ0n) is 17.9. The molecule has 1 fully saturated rings. The summed E-state index contributed by atoms with van der Waals surface area (Å²) in [4.78, 5) is 28.1. The Balaban J connectivity index is 1.83. The Hall–Kier alpha value is -2.28. The van der Waals surface area contributed by atoms with Gasteiger partial charge in [-0.1, -0.05) is 33.1 Å². The van der Waals surface area contributed by atoms with Gasteiger partial charge in [0.1, 0.15) is 6.33 Å². The van der Waals surface area contributed by atoms with Gasteiger partial charge in [-0.3, -0.25) is 14.3 Å². The van der Waals surface area contributed by atoms with Crippen molar-refractivity contribution in [3.05, 3.63) is 36.7 Å². The van der Waals surface area contributed by atoms with E-state index in [0.29, 0.717) is 17.7 Å². The van der Waals surface area contributed by atoms with E-state index in [1.165, 1.54) is 19.3 Å². The smallest absolute Gasteiger partial charge is 0.235 e. The van der Waals surface area contributed by atoms with Crippen LogP contribution in [0.3, 0.4) is 0 Å². The molecule has 2 aromatic rings. The van der Waals surface area contributed by atoms with Gasteiger partial charge < -0.3 is 5.73 Å². The van der Waals surface area contributed by atoms with Crippen molar-refractivity contribution in [3.63, 3.8) is 0 Å². The van der Waals surface area contributed by atoms with E-state index in [4.69, 9.17) is 5.73 Å². The van der Waals surface area contributed by atoms with E-state index in [9.17, 15) is 4.79 Å². The van der Waals surface area contributed by atoms with E-state index in [1.807, 2.05) is 6.07 Å². The summed E-state index contributed by atoms with van der Waals surface area (Å²) >= 11 is 0. The third kappa shape index (κ3) is 5.41. The fraction of sp³-hybridized carbons (Fsp3) is 0.636. The van der Waals surface area contributed by atoms with Crippen molar-refractivity contribution in [2.75, 3.05) is 6.54 Å². The molecule has 3 atom stereocenters. The first-order valence-corrected chi connectivity index (χ1v) is 10.8. The van der Waals surface area contributed by atoms with Gasteiger partial charge >= 0.3 is 0 Å². The summed E-state index contributed by atoms with van der Waals surface area (Å²) in [5.74, 6) is 0.485. The Bertz CT molecular complexity index is 775. The number of nitrogens with two attached hydrogens (primary N) is 1. The van der Waals surface area contributed by atoms with Gasteiger partial charge in [0, 0.05) is 30.7 Å². The lowest BCUT2D eigenvalue weighted by Crippen LogP contribution is -2.51. The Morgan fingerprint density at radius 1 is 1.24 bits per heavy atom. The molecule has 3 rings (SSSR count). The number of primary amides is 1. The summed E-state index contributed by atoms with van der Waals surface area (Å²) < 4.78 is 1.74. The van der Waals surface area contributed by atoms with Gasteiger partial charge in [0.15, 0.2) is 0 Å². The molecule has 7 nitrogen and oxygen atoms in total. The molecule has 1 saturated heterocycles. The van der Waals surface area contributed by atoms with Crippen molar-refractivity contribution in [1.29, 1.82) is 0 Å². The zero-order chi connectivity index (χ0) is 20.8. The van der Waals surface area contributed by atoms with Crippen LogP contribution in [0.5, 0.6) is 0 Å². The number of carbonyl (C=O) groups excluding carboxylic acids is 1. The Morgan fingerprint density at radius 2 is 2.07 bits per heavy atom. The van der Waals surface area contributed by atoms with Crippen LogP contribution in [0.25, 0.3) is 5.95 Å². The predicted octanol–water partition coefficient (Wildman–Crippen LogP) is 3.30. The van der Waals surface area contributed by atoms with Crippen molar-refractivity contribution in [2.45, 2.75) is 77.3 Å². The molecule has 2 aromatic heterocycles. The molecular formula is C22H34N6O. The largest absolute Gasteiger partial charge is 0.369 e. The minimum Gasteiger partial charge on any atom is -0.369 e. The number of amides is 1. The lowest BCUT2D eigenvalue weighted by Gasteiger charge is -2.43. The number of rotatable bonds is 9. The van der Waals surface area contributed by atoms with Gasteiger partial charge in [-0.15, -0.1) is 0 Å². The van der Waals surface area contributed by atoms with E-state index >= 15 is 0 Å². The number of hydrogen-bond acceptors (Lipinski definition) is 5. The molecule has 29 heavy (non-hydrogen) atoms. The van der Waals surface area contributed by atoms with Gasteiger partial charge in [-0.2, -0.15) is 0 Å². The highest BCUT2D eigenvalue weighted by Crippen LogP contribution is 2.32. The molecule has 3 unspecified atom stereocenters. The fourth-order valence-electron chi connectivity index (χ4n) is 4.44. The molecule has 2 N–H and O–H groups in total. The molecule has 0 radical (unpaired) electrons. The topological polar surface area (TPSA) is 89.9 Å². The van der Waals surface area contributed by atoms with Crippen LogP contribution in [0.1, 0.15) is 70.9 Å². The molecule has 0 bridgehead atoms. The third-order valence-electron chi connectivity index (χ3n) is 5.97. The molecule has 0 saturated carbocycles. The molecule has 1 amide bonds. The minimum absolute atomic E-state index is 0.0841. The minimum atomic E-state index is -0.437. The quantitative estimate of drug-likeness (QED) is 0.700. The first kappa shape index (κ1) is 21.4. The summed E-state index contributed by atoms with van der Waals surface area (Å²) in [7, 11) is 0. The van der Waals surface area contributed by atoms with Crippen molar-refractivity contribution in [1.82, 2.24) is 24.4 Å². The molecule has 3 heterocycles. The second kappa shape index (κ2) is 9.96. The lowest BCUT2D eigenvalue weighted by atomic mass is 9.85. The summed E-state index contributed by atoms with van der Waals surface area (Å²) in [6.07, 6.45) is 13.7. The van der Waals surface area contributed by atoms with Crippen LogP contribution in [0.15, 0.2) is 31.0 Å². The van der Waals surface area contributed by atoms with E-state index in [0.717, 1.165) is 31.7 Å². The molecule has 0 aliphatic carbocycles. The molecule has 0 aromatic carbocycles. The molecular weight excluding hydrogens is 364 g/mol. The van der Waals surface area contributed by atoms with Gasteiger partial charge in [0.2, 0.25) is 11.9 Å². The van der Waals surface area contributed by atoms with E-state index < -0.39 is 5.92 Å². The van der Waals surface area contributed by atoms with Crippen molar-refractivity contribution in [3.8, 4) is 5.95 Å². The van der Waals surface area contributed by atoms with Crippen molar-refractivity contribution < 1.29 is 4.79 Å². The molecule has 1 aliphatic heterocycles. The SMILES string of the molecule is CC(C)CCCC(C)N1CCCCC1C(C(N)=O)c1ccnc(-n2ccnc2)n1. The monoisotopic (exact) mass is 398 g/mol. The lowest BCUT2D eigenvalue weighted by molar-refractivity contribution is -0.121. The highest BCUT2D eigenvalue weighted by atomic mass is 16.1. The van der Waals surface area contributed by atoms with Crippen molar-refractivity contribution >= 4 is 5.91 Å². The zero-order valence-corrected chi connectivity index (χ0v) is 17.9. The van der Waals surface area contributed by atoms with Crippen LogP contribution in [0.4, 0.5) is 0 Å². The molecule has 7 heteroatoms. The normalized spacial score (nSPS) is 19.9. The summed E-state index contributed by atoms with van der Waals surface area (Å²) in [6, 6.07) is 2.34. The second-order valence-corrected chi connectivity index (χ2v) is 8.61. The van der Waals surface area contributed by atoms with Gasteiger partial charge in [0.25, 0.3) is 0 Å². The summed E-state index contributed by atoms with van der Waals surface area (Å²) in [5, 5.41) is 0. The highest BCUT2D eigenvalue weighted by Gasteiger charge is 2.37. The maximum Gasteiger partial charge on any atom is 0.235 e. The second-order valence-electron chi connectivity index (χ2n) is 8.61. The first-order chi connectivity index (χ1) is 14.0. The summed E-state index contributed by atoms with van der Waals surface area (Å²) in [6.45, 7) is 7.83. The van der Waals surface area contributed by atoms with E-state index in [1.54, 1.807) is 29.5 Å². The van der Waals surface area contributed by atoms with E-state index in [-0.39, 0.29) is 11.9 Å². The van der Waals surface area contributed by atoms with E-state index in [2.05, 4.69) is 40.6 Å².